The van der Waals surface area contributed by atoms with E-state index in [1.807, 2.05) is 4.90 Å². The summed E-state index contributed by atoms with van der Waals surface area (Å²) in [5.74, 6) is 0.252. The molecule has 1 saturated heterocycles. The van der Waals surface area contributed by atoms with Gasteiger partial charge in [-0.3, -0.25) is 4.79 Å². The SMILES string of the molecule is CC1(C)Cc2ccccc2C1NCC(=O)N1CCCC1. The van der Waals surface area contributed by atoms with E-state index in [2.05, 4.69) is 43.4 Å². The van der Waals surface area contributed by atoms with Gasteiger partial charge in [0.1, 0.15) is 0 Å². The molecule has 20 heavy (non-hydrogen) atoms. The fraction of sp³-hybridized carbons (Fsp3) is 0.588. The van der Waals surface area contributed by atoms with Crippen molar-refractivity contribution in [2.75, 3.05) is 19.6 Å². The van der Waals surface area contributed by atoms with E-state index < -0.39 is 0 Å². The molecule has 0 spiro atoms. The minimum atomic E-state index is 0.176. The number of likely N-dealkylation sites (tertiary alicyclic amines) is 1. The van der Waals surface area contributed by atoms with E-state index in [-0.39, 0.29) is 17.4 Å². The van der Waals surface area contributed by atoms with Gasteiger partial charge in [-0.25, -0.2) is 0 Å². The molecule has 1 aliphatic carbocycles. The third kappa shape index (κ3) is 2.47. The van der Waals surface area contributed by atoms with Gasteiger partial charge in [0, 0.05) is 19.1 Å². The van der Waals surface area contributed by atoms with Gasteiger partial charge >= 0.3 is 0 Å². The Morgan fingerprint density at radius 3 is 2.75 bits per heavy atom. The largest absolute Gasteiger partial charge is 0.342 e. The zero-order valence-corrected chi connectivity index (χ0v) is 12.5. The van der Waals surface area contributed by atoms with Gasteiger partial charge in [-0.15, -0.1) is 0 Å². The quantitative estimate of drug-likeness (QED) is 0.917. The highest BCUT2D eigenvalue weighted by atomic mass is 16.2. The number of rotatable bonds is 3. The summed E-state index contributed by atoms with van der Waals surface area (Å²) in [6.07, 6.45) is 3.39. The summed E-state index contributed by atoms with van der Waals surface area (Å²) >= 11 is 0. The van der Waals surface area contributed by atoms with Crippen LogP contribution >= 0.6 is 0 Å². The number of nitrogens with one attached hydrogen (secondary N) is 1. The van der Waals surface area contributed by atoms with Crippen LogP contribution in [-0.2, 0) is 11.2 Å². The number of nitrogens with zero attached hydrogens (tertiary/aromatic N) is 1. The number of benzene rings is 1. The van der Waals surface area contributed by atoms with Crippen molar-refractivity contribution in [3.8, 4) is 0 Å². The molecule has 0 saturated carbocycles. The highest BCUT2D eigenvalue weighted by Crippen LogP contribution is 2.44. The van der Waals surface area contributed by atoms with Crippen molar-refractivity contribution in [3.05, 3.63) is 35.4 Å². The van der Waals surface area contributed by atoms with E-state index in [4.69, 9.17) is 0 Å². The first-order valence-corrected chi connectivity index (χ1v) is 7.67. The van der Waals surface area contributed by atoms with Crippen molar-refractivity contribution in [3.63, 3.8) is 0 Å². The molecule has 1 aromatic carbocycles. The third-order valence-electron chi connectivity index (χ3n) is 4.71. The second-order valence-electron chi connectivity index (χ2n) is 6.77. The Morgan fingerprint density at radius 2 is 2.00 bits per heavy atom. The maximum atomic E-state index is 12.2. The summed E-state index contributed by atoms with van der Waals surface area (Å²) in [5.41, 5.74) is 2.96. The van der Waals surface area contributed by atoms with Crippen LogP contribution in [0.3, 0.4) is 0 Å². The lowest BCUT2D eigenvalue weighted by atomic mass is 9.85. The van der Waals surface area contributed by atoms with Crippen molar-refractivity contribution < 1.29 is 4.79 Å². The van der Waals surface area contributed by atoms with Crippen LogP contribution in [0.25, 0.3) is 0 Å². The molecule has 1 fully saturated rings. The predicted octanol–water partition coefficient (Wildman–Crippen LogP) is 2.52. The molecule has 3 rings (SSSR count). The number of carbonyl (C=O) groups is 1. The summed E-state index contributed by atoms with van der Waals surface area (Å²) in [5, 5.41) is 3.51. The van der Waals surface area contributed by atoms with Gasteiger partial charge in [0.15, 0.2) is 0 Å². The molecular weight excluding hydrogens is 248 g/mol. The summed E-state index contributed by atoms with van der Waals surface area (Å²) in [6.45, 7) is 6.90. The van der Waals surface area contributed by atoms with E-state index in [9.17, 15) is 4.79 Å². The Bertz CT molecular complexity index is 503. The van der Waals surface area contributed by atoms with Crippen LogP contribution in [0.4, 0.5) is 0 Å². The molecular formula is C17H24N2O. The van der Waals surface area contributed by atoms with Gasteiger partial charge in [-0.05, 0) is 35.8 Å². The second-order valence-corrected chi connectivity index (χ2v) is 6.77. The molecule has 1 aromatic rings. The van der Waals surface area contributed by atoms with E-state index in [1.54, 1.807) is 0 Å². The molecule has 0 radical (unpaired) electrons. The maximum Gasteiger partial charge on any atom is 0.236 e. The summed E-state index contributed by atoms with van der Waals surface area (Å²) in [4.78, 5) is 14.2. The Kier molecular flexibility index (Phi) is 3.55. The van der Waals surface area contributed by atoms with Crippen molar-refractivity contribution in [1.82, 2.24) is 10.2 Å². The molecule has 1 heterocycles. The lowest BCUT2D eigenvalue weighted by molar-refractivity contribution is -0.129. The number of carbonyl (C=O) groups excluding carboxylic acids is 1. The van der Waals surface area contributed by atoms with Gasteiger partial charge in [0.25, 0.3) is 0 Å². The molecule has 2 aliphatic rings. The molecule has 1 unspecified atom stereocenters. The van der Waals surface area contributed by atoms with Crippen LogP contribution in [0.2, 0.25) is 0 Å². The first-order valence-electron chi connectivity index (χ1n) is 7.67. The highest BCUT2D eigenvalue weighted by molar-refractivity contribution is 5.78. The van der Waals surface area contributed by atoms with Crippen molar-refractivity contribution in [1.29, 1.82) is 0 Å². The zero-order valence-electron chi connectivity index (χ0n) is 12.5. The second kappa shape index (κ2) is 5.21. The average Bonchev–Trinajstić information content (AvgIpc) is 3.01. The molecule has 3 heteroatoms. The monoisotopic (exact) mass is 272 g/mol. The van der Waals surface area contributed by atoms with E-state index in [1.165, 1.54) is 11.1 Å². The normalized spacial score (nSPS) is 23.9. The smallest absolute Gasteiger partial charge is 0.236 e. The Morgan fingerprint density at radius 1 is 1.30 bits per heavy atom. The lowest BCUT2D eigenvalue weighted by Gasteiger charge is -2.29. The Hall–Kier alpha value is -1.35. The fourth-order valence-corrected chi connectivity index (χ4v) is 3.64. The first-order chi connectivity index (χ1) is 9.58. The Labute approximate surface area is 121 Å². The van der Waals surface area contributed by atoms with Gasteiger partial charge in [0.05, 0.1) is 6.54 Å². The molecule has 1 atom stereocenters. The third-order valence-corrected chi connectivity index (χ3v) is 4.71. The highest BCUT2D eigenvalue weighted by Gasteiger charge is 2.38. The van der Waals surface area contributed by atoms with Gasteiger partial charge in [-0.2, -0.15) is 0 Å². The molecule has 0 bridgehead atoms. The van der Waals surface area contributed by atoms with Crippen molar-refractivity contribution >= 4 is 5.91 Å². The fourth-order valence-electron chi connectivity index (χ4n) is 3.64. The molecule has 108 valence electrons. The topological polar surface area (TPSA) is 32.3 Å². The lowest BCUT2D eigenvalue weighted by Crippen LogP contribution is -2.40. The summed E-state index contributed by atoms with van der Waals surface area (Å²) in [7, 11) is 0. The zero-order chi connectivity index (χ0) is 14.2. The predicted molar refractivity (Wildman–Crippen MR) is 80.5 cm³/mol. The molecule has 1 aliphatic heterocycles. The van der Waals surface area contributed by atoms with Crippen molar-refractivity contribution in [2.24, 2.45) is 5.41 Å². The molecule has 0 aromatic heterocycles. The molecule has 3 nitrogen and oxygen atoms in total. The minimum Gasteiger partial charge on any atom is -0.342 e. The summed E-state index contributed by atoms with van der Waals surface area (Å²) < 4.78 is 0. The number of hydrogen-bond donors (Lipinski definition) is 1. The maximum absolute atomic E-state index is 12.2. The number of amides is 1. The van der Waals surface area contributed by atoms with Crippen LogP contribution in [0.5, 0.6) is 0 Å². The van der Waals surface area contributed by atoms with Crippen LogP contribution in [0.15, 0.2) is 24.3 Å². The minimum absolute atomic E-state index is 0.176. The van der Waals surface area contributed by atoms with Crippen LogP contribution in [0, 0.1) is 5.41 Å². The van der Waals surface area contributed by atoms with E-state index in [0.29, 0.717) is 6.54 Å². The van der Waals surface area contributed by atoms with Gasteiger partial charge in [-0.1, -0.05) is 38.1 Å². The number of fused-ring (bicyclic) bond motifs is 1. The Balaban J connectivity index is 1.68. The summed E-state index contributed by atoms with van der Waals surface area (Å²) in [6, 6.07) is 8.89. The number of hydrogen-bond acceptors (Lipinski definition) is 2. The van der Waals surface area contributed by atoms with Crippen LogP contribution < -0.4 is 5.32 Å². The van der Waals surface area contributed by atoms with Gasteiger partial charge < -0.3 is 10.2 Å². The van der Waals surface area contributed by atoms with E-state index >= 15 is 0 Å². The van der Waals surface area contributed by atoms with Crippen molar-refractivity contribution in [2.45, 2.75) is 39.2 Å². The first kappa shape index (κ1) is 13.6. The van der Waals surface area contributed by atoms with Crippen LogP contribution in [0.1, 0.15) is 43.9 Å². The van der Waals surface area contributed by atoms with Crippen LogP contribution in [-0.4, -0.2) is 30.4 Å². The van der Waals surface area contributed by atoms with Gasteiger partial charge in [0.2, 0.25) is 5.91 Å². The molecule has 1 N–H and O–H groups in total. The molecule has 1 amide bonds. The van der Waals surface area contributed by atoms with E-state index in [0.717, 1.165) is 32.4 Å². The standard InChI is InChI=1S/C17H24N2O/c1-17(2)11-13-7-3-4-8-14(13)16(17)18-12-15(20)19-9-5-6-10-19/h3-4,7-8,16,18H,5-6,9-12H2,1-2H3. The average molecular weight is 272 g/mol.